The van der Waals surface area contributed by atoms with E-state index in [2.05, 4.69) is 4.57 Å². The highest BCUT2D eigenvalue weighted by Crippen LogP contribution is 2.36. The van der Waals surface area contributed by atoms with Gasteiger partial charge in [-0.1, -0.05) is 25.7 Å². The van der Waals surface area contributed by atoms with Crippen LogP contribution in [0.4, 0.5) is 0 Å². The van der Waals surface area contributed by atoms with Gasteiger partial charge in [0.1, 0.15) is 8.96 Å². The Balaban J connectivity index is 0.000000136. The molecule has 0 unspecified atom stereocenters. The SMILES string of the molecule is C1CCN([SiH]2CCCC2)C1.Cl[Si]1(Cl)CCCC1. The molecule has 0 aromatic heterocycles. The van der Waals surface area contributed by atoms with Gasteiger partial charge >= 0.3 is 0 Å². The van der Waals surface area contributed by atoms with Crippen LogP contribution >= 0.6 is 22.2 Å². The minimum absolute atomic E-state index is 0.300. The molecule has 3 aliphatic rings. The summed E-state index contributed by atoms with van der Waals surface area (Å²) in [7, 11) is -0.300. The van der Waals surface area contributed by atoms with Crippen molar-refractivity contribution in [1.82, 2.24) is 4.57 Å². The predicted octanol–water partition coefficient (Wildman–Crippen LogP) is 4.30. The maximum absolute atomic E-state index is 5.87. The fourth-order valence-electron chi connectivity index (χ4n) is 3.27. The highest BCUT2D eigenvalue weighted by Gasteiger charge is 2.31. The summed E-state index contributed by atoms with van der Waals surface area (Å²) in [5.74, 6) is 0. The topological polar surface area (TPSA) is 3.24 Å². The fraction of sp³-hybridized carbons (Fsp3) is 1.00. The third kappa shape index (κ3) is 4.86. The molecule has 0 aliphatic carbocycles. The molecule has 1 nitrogen and oxygen atoms in total. The summed E-state index contributed by atoms with van der Waals surface area (Å²) in [6.45, 7) is 1.31. The van der Waals surface area contributed by atoms with Gasteiger partial charge in [-0.25, -0.2) is 0 Å². The van der Waals surface area contributed by atoms with E-state index in [9.17, 15) is 0 Å². The summed E-state index contributed by atoms with van der Waals surface area (Å²) >= 11 is 11.7. The van der Waals surface area contributed by atoms with E-state index in [4.69, 9.17) is 22.2 Å². The molecule has 3 aliphatic heterocycles. The standard InChI is InChI=1S/C8H17NSi.C4H8Cl2Si/c1-2-6-9(5-1)10-7-3-4-8-10;5-7(6)3-1-2-4-7/h10H,1-8H2;1-4H2. The van der Waals surface area contributed by atoms with E-state index in [1.54, 1.807) is 24.9 Å². The summed E-state index contributed by atoms with van der Waals surface area (Å²) in [5.41, 5.74) is 0. The molecule has 0 aromatic carbocycles. The van der Waals surface area contributed by atoms with Crippen molar-refractivity contribution in [2.75, 3.05) is 13.1 Å². The van der Waals surface area contributed by atoms with Crippen molar-refractivity contribution < 1.29 is 0 Å². The Bertz CT molecular complexity index is 205. The smallest absolute Gasteiger partial charge is 0.251 e. The lowest BCUT2D eigenvalue weighted by Crippen LogP contribution is -2.33. The van der Waals surface area contributed by atoms with Crippen molar-refractivity contribution in [3.63, 3.8) is 0 Å². The molecule has 100 valence electrons. The second-order valence-corrected chi connectivity index (χ2v) is 16.6. The first-order chi connectivity index (χ1) is 8.17. The van der Waals surface area contributed by atoms with E-state index in [1.807, 2.05) is 0 Å². The van der Waals surface area contributed by atoms with Crippen molar-refractivity contribution in [1.29, 1.82) is 0 Å². The van der Waals surface area contributed by atoms with Crippen LogP contribution in [-0.2, 0) is 0 Å². The van der Waals surface area contributed by atoms with Gasteiger partial charge in [0.25, 0.3) is 6.69 Å². The lowest BCUT2D eigenvalue weighted by atomic mass is 10.4. The molecular weight excluding hydrogens is 285 g/mol. The lowest BCUT2D eigenvalue weighted by molar-refractivity contribution is 0.535. The molecule has 0 aromatic rings. The van der Waals surface area contributed by atoms with Gasteiger partial charge in [-0.2, -0.15) is 0 Å². The number of hydrogen-bond acceptors (Lipinski definition) is 1. The van der Waals surface area contributed by atoms with Gasteiger partial charge in [0.15, 0.2) is 0 Å². The van der Waals surface area contributed by atoms with Crippen molar-refractivity contribution in [3.8, 4) is 0 Å². The number of hydrogen-bond donors (Lipinski definition) is 0. The van der Waals surface area contributed by atoms with Crippen LogP contribution in [0.3, 0.4) is 0 Å². The predicted molar refractivity (Wildman–Crippen MR) is 83.1 cm³/mol. The maximum atomic E-state index is 5.87. The van der Waals surface area contributed by atoms with Gasteiger partial charge in [-0.15, -0.1) is 22.2 Å². The van der Waals surface area contributed by atoms with Gasteiger partial charge in [-0.3, -0.25) is 0 Å². The van der Waals surface area contributed by atoms with Crippen molar-refractivity contribution in [2.24, 2.45) is 0 Å². The van der Waals surface area contributed by atoms with Gasteiger partial charge in [-0.05, 0) is 50.1 Å². The zero-order valence-corrected chi connectivity index (χ0v) is 14.4. The van der Waals surface area contributed by atoms with Crippen LogP contribution in [0.15, 0.2) is 0 Å². The van der Waals surface area contributed by atoms with E-state index in [0.29, 0.717) is 0 Å². The summed E-state index contributed by atoms with van der Waals surface area (Å²) in [6.07, 6.45) is 8.60. The van der Waals surface area contributed by atoms with Crippen LogP contribution in [0.5, 0.6) is 0 Å². The summed E-state index contributed by atoms with van der Waals surface area (Å²) in [5, 5.41) is 0. The normalized spacial score (nSPS) is 29.3. The summed E-state index contributed by atoms with van der Waals surface area (Å²) in [6, 6.07) is 5.49. The van der Waals surface area contributed by atoms with Crippen molar-refractivity contribution in [2.45, 2.75) is 62.7 Å². The lowest BCUT2D eigenvalue weighted by Gasteiger charge is -2.20. The molecular formula is C12H25Cl2NSi2. The monoisotopic (exact) mass is 309 g/mol. The zero-order chi connectivity index (χ0) is 12.1. The van der Waals surface area contributed by atoms with Crippen molar-refractivity contribution >= 4 is 37.8 Å². The largest absolute Gasteiger partial charge is 0.326 e. The molecule has 0 N–H and O–H groups in total. The van der Waals surface area contributed by atoms with E-state index < -0.39 is 6.69 Å². The van der Waals surface area contributed by atoms with Crippen LogP contribution in [0, 0.1) is 0 Å². The number of nitrogens with zero attached hydrogens (tertiary/aromatic N) is 1. The molecule has 0 saturated carbocycles. The van der Waals surface area contributed by atoms with Crippen LogP contribution in [0.2, 0.25) is 24.2 Å². The molecule has 3 fully saturated rings. The average molecular weight is 310 g/mol. The second kappa shape index (κ2) is 6.94. The van der Waals surface area contributed by atoms with E-state index in [0.717, 1.165) is 12.1 Å². The molecule has 5 heteroatoms. The second-order valence-electron chi connectivity index (χ2n) is 5.74. The van der Waals surface area contributed by atoms with Gasteiger partial charge in [0, 0.05) is 0 Å². The minimum atomic E-state index is -1.60. The Morgan fingerprint density at radius 3 is 1.71 bits per heavy atom. The first kappa shape index (κ1) is 14.4. The quantitative estimate of drug-likeness (QED) is 0.515. The fourth-order valence-corrected chi connectivity index (χ4v) is 10.3. The molecule has 0 radical (unpaired) electrons. The Morgan fingerprint density at radius 2 is 1.29 bits per heavy atom. The summed E-state index contributed by atoms with van der Waals surface area (Å²) in [4.78, 5) is 0. The Hall–Kier alpha value is 0.974. The average Bonchev–Trinajstić information content (AvgIpc) is 2.97. The molecule has 17 heavy (non-hydrogen) atoms. The van der Waals surface area contributed by atoms with E-state index >= 15 is 0 Å². The van der Waals surface area contributed by atoms with Crippen LogP contribution in [-0.4, -0.2) is 33.3 Å². The van der Waals surface area contributed by atoms with Crippen LogP contribution in [0.1, 0.15) is 38.5 Å². The highest BCUT2D eigenvalue weighted by atomic mass is 35.7. The van der Waals surface area contributed by atoms with E-state index in [-0.39, 0.29) is 8.96 Å². The first-order valence-electron chi connectivity index (χ1n) is 7.29. The zero-order valence-electron chi connectivity index (χ0n) is 10.8. The molecule has 3 heterocycles. The third-order valence-electron chi connectivity index (χ3n) is 4.32. The van der Waals surface area contributed by atoms with Crippen molar-refractivity contribution in [3.05, 3.63) is 0 Å². The highest BCUT2D eigenvalue weighted by molar-refractivity contribution is 7.45. The Morgan fingerprint density at radius 1 is 0.765 bits per heavy atom. The van der Waals surface area contributed by atoms with E-state index in [1.165, 1.54) is 38.8 Å². The van der Waals surface area contributed by atoms with Gasteiger partial charge in [0.2, 0.25) is 0 Å². The van der Waals surface area contributed by atoms with Crippen LogP contribution in [0.25, 0.3) is 0 Å². The first-order valence-corrected chi connectivity index (χ1v) is 13.9. The molecule has 0 atom stereocenters. The minimum Gasteiger partial charge on any atom is -0.326 e. The Labute approximate surface area is 118 Å². The molecule has 3 saturated heterocycles. The summed E-state index contributed by atoms with van der Waals surface area (Å²) < 4.78 is 2.84. The molecule has 3 rings (SSSR count). The third-order valence-corrected chi connectivity index (χ3v) is 12.5. The van der Waals surface area contributed by atoms with Gasteiger partial charge < -0.3 is 4.57 Å². The van der Waals surface area contributed by atoms with Gasteiger partial charge in [0.05, 0.1) is 0 Å². The molecule has 0 bridgehead atoms. The Kier molecular flexibility index (Phi) is 5.88. The number of rotatable bonds is 1. The van der Waals surface area contributed by atoms with Crippen LogP contribution < -0.4 is 0 Å². The number of halogens is 2. The molecule has 0 spiro atoms. The maximum Gasteiger partial charge on any atom is 0.251 e. The molecule has 0 amide bonds.